The number of nitrogens with zero attached hydrogens (tertiary/aromatic N) is 1. The number of nitrogens with one attached hydrogen (secondary N) is 2. The fourth-order valence-corrected chi connectivity index (χ4v) is 2.37. The Bertz CT molecular complexity index is 711. The van der Waals surface area contributed by atoms with Gasteiger partial charge in [-0.1, -0.05) is 38.5 Å². The second-order valence-corrected chi connectivity index (χ2v) is 5.46. The van der Waals surface area contributed by atoms with Crippen LogP contribution in [-0.4, -0.2) is 33.9 Å². The molecular weight excluding hydrogens is 282 g/mol. The summed E-state index contributed by atoms with van der Waals surface area (Å²) in [6.45, 7) is 3.89. The second kappa shape index (κ2) is 7.17. The second-order valence-electron chi connectivity index (χ2n) is 5.46. The summed E-state index contributed by atoms with van der Waals surface area (Å²) in [5.74, 6) is -0.0294. The lowest BCUT2D eigenvalue weighted by Crippen LogP contribution is -2.42. The van der Waals surface area contributed by atoms with Gasteiger partial charge in [0.1, 0.15) is 0 Å². The number of hydrogen-bond acceptors (Lipinski definition) is 4. The largest absolute Gasteiger partial charge is 0.394 e. The topological polar surface area (TPSA) is 95.1 Å². The van der Waals surface area contributed by atoms with Gasteiger partial charge >= 0.3 is 0 Å². The standard InChI is InChI=1S/C16H21N3O3/c1-3-10(2)14(9-20)17-15(21)8-13-11-6-4-5-7-12(11)16(22)19-18-13/h4-7,10,14,20H,3,8-9H2,1-2H3,(H,17,21)(H,19,22)/t10-,14+/m0/s1. The van der Waals surface area contributed by atoms with E-state index in [-0.39, 0.29) is 36.5 Å². The van der Waals surface area contributed by atoms with Gasteiger partial charge in [-0.05, 0) is 12.0 Å². The molecule has 6 heteroatoms. The van der Waals surface area contributed by atoms with E-state index in [0.29, 0.717) is 16.5 Å². The monoisotopic (exact) mass is 303 g/mol. The lowest BCUT2D eigenvalue weighted by molar-refractivity contribution is -0.121. The fourth-order valence-electron chi connectivity index (χ4n) is 2.37. The number of aromatic amines is 1. The molecule has 1 aromatic carbocycles. The Hall–Kier alpha value is -2.21. The maximum absolute atomic E-state index is 12.2. The van der Waals surface area contributed by atoms with Gasteiger partial charge in [-0.3, -0.25) is 9.59 Å². The third-order valence-electron chi connectivity index (χ3n) is 3.98. The van der Waals surface area contributed by atoms with Crippen molar-refractivity contribution in [2.75, 3.05) is 6.61 Å². The Morgan fingerprint density at radius 1 is 1.36 bits per heavy atom. The van der Waals surface area contributed by atoms with Crippen molar-refractivity contribution in [3.63, 3.8) is 0 Å². The average Bonchev–Trinajstić information content (AvgIpc) is 2.54. The summed E-state index contributed by atoms with van der Waals surface area (Å²) in [4.78, 5) is 23.9. The van der Waals surface area contributed by atoms with Crippen molar-refractivity contribution < 1.29 is 9.90 Å². The van der Waals surface area contributed by atoms with Crippen molar-refractivity contribution in [1.29, 1.82) is 0 Å². The number of carbonyl (C=O) groups is 1. The molecule has 22 heavy (non-hydrogen) atoms. The lowest BCUT2D eigenvalue weighted by Gasteiger charge is -2.22. The van der Waals surface area contributed by atoms with Crippen LogP contribution in [0.4, 0.5) is 0 Å². The number of benzene rings is 1. The number of aliphatic hydroxyl groups is 1. The summed E-state index contributed by atoms with van der Waals surface area (Å²) in [6.07, 6.45) is 0.926. The molecule has 0 fully saturated rings. The van der Waals surface area contributed by atoms with Crippen LogP contribution in [0.25, 0.3) is 10.8 Å². The molecule has 3 N–H and O–H groups in total. The first-order valence-corrected chi connectivity index (χ1v) is 7.43. The van der Waals surface area contributed by atoms with Crippen LogP contribution in [-0.2, 0) is 11.2 Å². The summed E-state index contributed by atoms with van der Waals surface area (Å²) in [5.41, 5.74) is 0.251. The first-order valence-electron chi connectivity index (χ1n) is 7.43. The van der Waals surface area contributed by atoms with Gasteiger partial charge in [0.25, 0.3) is 5.56 Å². The number of carbonyl (C=O) groups excluding carboxylic acids is 1. The molecule has 2 atom stereocenters. The molecular formula is C16H21N3O3. The van der Waals surface area contributed by atoms with E-state index in [4.69, 9.17) is 0 Å². The normalized spacial score (nSPS) is 13.8. The lowest BCUT2D eigenvalue weighted by atomic mass is 9.99. The highest BCUT2D eigenvalue weighted by Gasteiger charge is 2.18. The Morgan fingerprint density at radius 3 is 2.68 bits per heavy atom. The van der Waals surface area contributed by atoms with Crippen LogP contribution in [0.5, 0.6) is 0 Å². The SMILES string of the molecule is CC[C@H](C)[C@@H](CO)NC(=O)Cc1n[nH]c(=O)c2ccccc12. The van der Waals surface area contributed by atoms with E-state index in [1.54, 1.807) is 24.3 Å². The van der Waals surface area contributed by atoms with Gasteiger partial charge in [-0.25, -0.2) is 5.10 Å². The van der Waals surface area contributed by atoms with Gasteiger partial charge in [0.15, 0.2) is 0 Å². The summed E-state index contributed by atoms with van der Waals surface area (Å²) in [7, 11) is 0. The summed E-state index contributed by atoms with van der Waals surface area (Å²) in [6, 6.07) is 6.78. The minimum atomic E-state index is -0.272. The average molecular weight is 303 g/mol. The third kappa shape index (κ3) is 3.51. The molecule has 1 aromatic heterocycles. The van der Waals surface area contributed by atoms with E-state index in [1.807, 2.05) is 13.8 Å². The van der Waals surface area contributed by atoms with Crippen LogP contribution in [0, 0.1) is 5.92 Å². The molecule has 0 bridgehead atoms. The van der Waals surface area contributed by atoms with Crippen molar-refractivity contribution in [3.8, 4) is 0 Å². The molecule has 0 aliphatic carbocycles. The number of H-pyrrole nitrogens is 1. The Labute approximate surface area is 128 Å². The molecule has 6 nitrogen and oxygen atoms in total. The van der Waals surface area contributed by atoms with Crippen molar-refractivity contribution in [1.82, 2.24) is 15.5 Å². The summed E-state index contributed by atoms with van der Waals surface area (Å²) < 4.78 is 0. The molecule has 0 aliphatic rings. The van der Waals surface area contributed by atoms with Crippen LogP contribution in [0.2, 0.25) is 0 Å². The highest BCUT2D eigenvalue weighted by Crippen LogP contribution is 2.13. The van der Waals surface area contributed by atoms with E-state index in [9.17, 15) is 14.7 Å². The zero-order valence-corrected chi connectivity index (χ0v) is 12.8. The fraction of sp³-hybridized carbons (Fsp3) is 0.438. The minimum Gasteiger partial charge on any atom is -0.394 e. The van der Waals surface area contributed by atoms with Gasteiger partial charge in [0.2, 0.25) is 5.91 Å². The molecule has 1 amide bonds. The number of hydrogen-bond donors (Lipinski definition) is 3. The number of aromatic nitrogens is 2. The van der Waals surface area contributed by atoms with Gasteiger partial charge in [0, 0.05) is 5.39 Å². The Kier molecular flexibility index (Phi) is 5.27. The predicted octanol–water partition coefficient (Wildman–Crippen LogP) is 0.989. The van der Waals surface area contributed by atoms with Crippen LogP contribution in [0.3, 0.4) is 0 Å². The maximum Gasteiger partial charge on any atom is 0.272 e. The van der Waals surface area contributed by atoms with Gasteiger partial charge in [-0.15, -0.1) is 0 Å². The maximum atomic E-state index is 12.2. The molecule has 0 aliphatic heterocycles. The highest BCUT2D eigenvalue weighted by molar-refractivity contribution is 5.88. The first kappa shape index (κ1) is 16.2. The van der Waals surface area contributed by atoms with Gasteiger partial charge < -0.3 is 10.4 Å². The van der Waals surface area contributed by atoms with E-state index >= 15 is 0 Å². The predicted molar refractivity (Wildman–Crippen MR) is 84.5 cm³/mol. The van der Waals surface area contributed by atoms with Crippen LogP contribution < -0.4 is 10.9 Å². The van der Waals surface area contributed by atoms with Crippen LogP contribution in [0.1, 0.15) is 26.0 Å². The Balaban J connectivity index is 2.19. The van der Waals surface area contributed by atoms with Gasteiger partial charge in [-0.2, -0.15) is 5.10 Å². The summed E-state index contributed by atoms with van der Waals surface area (Å²) >= 11 is 0. The zero-order chi connectivity index (χ0) is 16.1. The van der Waals surface area contributed by atoms with Crippen LogP contribution in [0.15, 0.2) is 29.1 Å². The molecule has 0 unspecified atom stereocenters. The molecule has 0 spiro atoms. The molecule has 0 saturated heterocycles. The first-order chi connectivity index (χ1) is 10.6. The quantitative estimate of drug-likeness (QED) is 0.741. The number of fused-ring (bicyclic) bond motifs is 1. The molecule has 2 aromatic rings. The van der Waals surface area contributed by atoms with Crippen molar-refractivity contribution >= 4 is 16.7 Å². The van der Waals surface area contributed by atoms with Crippen molar-refractivity contribution in [2.45, 2.75) is 32.7 Å². The molecule has 0 radical (unpaired) electrons. The Morgan fingerprint density at radius 2 is 2.05 bits per heavy atom. The third-order valence-corrected chi connectivity index (χ3v) is 3.98. The molecule has 1 heterocycles. The zero-order valence-electron chi connectivity index (χ0n) is 12.8. The molecule has 2 rings (SSSR count). The van der Waals surface area contributed by atoms with E-state index in [2.05, 4.69) is 15.5 Å². The summed E-state index contributed by atoms with van der Waals surface area (Å²) in [5, 5.41) is 19.8. The number of aliphatic hydroxyl groups excluding tert-OH is 1. The van der Waals surface area contributed by atoms with Crippen molar-refractivity contribution in [2.24, 2.45) is 5.92 Å². The van der Waals surface area contributed by atoms with E-state index in [1.165, 1.54) is 0 Å². The van der Waals surface area contributed by atoms with Gasteiger partial charge in [0.05, 0.1) is 30.1 Å². The number of amides is 1. The van der Waals surface area contributed by atoms with Crippen LogP contribution >= 0.6 is 0 Å². The minimum absolute atomic E-state index is 0.0597. The molecule has 118 valence electrons. The van der Waals surface area contributed by atoms with Crippen molar-refractivity contribution in [3.05, 3.63) is 40.3 Å². The highest BCUT2D eigenvalue weighted by atomic mass is 16.3. The van der Waals surface area contributed by atoms with E-state index in [0.717, 1.165) is 6.42 Å². The van der Waals surface area contributed by atoms with E-state index < -0.39 is 0 Å². The molecule has 0 saturated carbocycles. The smallest absolute Gasteiger partial charge is 0.272 e. The number of rotatable bonds is 6.